The summed E-state index contributed by atoms with van der Waals surface area (Å²) in [7, 11) is 0. The molecular weight excluding hydrogens is 281 g/mol. The smallest absolute Gasteiger partial charge is 0.147 e. The molecule has 1 aromatic carbocycles. The van der Waals surface area contributed by atoms with Crippen LogP contribution in [0.3, 0.4) is 0 Å². The molecule has 0 N–H and O–H groups in total. The van der Waals surface area contributed by atoms with Crippen LogP contribution in [0.2, 0.25) is 0 Å². The topological polar surface area (TPSA) is 57.7 Å². The Balaban J connectivity index is 1.52. The Labute approximate surface area is 128 Å². The Hall–Kier alpha value is -2.26. The molecule has 0 radical (unpaired) electrons. The van der Waals surface area contributed by atoms with Gasteiger partial charge in [-0.15, -0.1) is 10.2 Å². The molecule has 1 aliphatic heterocycles. The van der Waals surface area contributed by atoms with E-state index in [2.05, 4.69) is 25.7 Å². The summed E-state index contributed by atoms with van der Waals surface area (Å²) in [6.45, 7) is 3.14. The zero-order valence-electron chi connectivity index (χ0n) is 12.2. The van der Waals surface area contributed by atoms with Crippen LogP contribution in [0.15, 0.2) is 18.2 Å². The number of nitriles is 1. The second-order valence-electron chi connectivity index (χ2n) is 6.02. The first-order chi connectivity index (χ1) is 10.7. The van der Waals surface area contributed by atoms with Crippen LogP contribution in [0.1, 0.15) is 41.5 Å². The van der Waals surface area contributed by atoms with Crippen molar-refractivity contribution in [2.24, 2.45) is 0 Å². The van der Waals surface area contributed by atoms with E-state index in [4.69, 9.17) is 5.26 Å². The van der Waals surface area contributed by atoms with E-state index in [0.29, 0.717) is 18.0 Å². The maximum Gasteiger partial charge on any atom is 0.147 e. The molecule has 0 amide bonds. The SMILES string of the molecule is N#Cc1cc(F)ccc1CN1CCn2c(nnc2C2CC2)C1. The Kier molecular flexibility index (Phi) is 3.16. The lowest BCUT2D eigenvalue weighted by Crippen LogP contribution is -2.34. The van der Waals surface area contributed by atoms with E-state index in [0.717, 1.165) is 36.8 Å². The average Bonchev–Trinajstić information content (AvgIpc) is 3.29. The molecule has 2 aromatic rings. The standard InChI is InChI=1S/C16H16FN5/c17-14-4-3-12(13(7-14)8-18)9-21-5-6-22-15(10-21)19-20-16(22)11-1-2-11/h3-4,7,11H,1-2,5-6,9-10H2. The summed E-state index contributed by atoms with van der Waals surface area (Å²) in [5.74, 6) is 2.37. The van der Waals surface area contributed by atoms with Gasteiger partial charge < -0.3 is 4.57 Å². The molecule has 2 aliphatic rings. The lowest BCUT2D eigenvalue weighted by molar-refractivity contribution is 0.207. The Morgan fingerprint density at radius 1 is 1.27 bits per heavy atom. The van der Waals surface area contributed by atoms with Gasteiger partial charge in [0.15, 0.2) is 0 Å². The number of hydrogen-bond acceptors (Lipinski definition) is 4. The molecule has 1 aliphatic carbocycles. The molecule has 6 heteroatoms. The first-order valence-corrected chi connectivity index (χ1v) is 7.57. The Bertz CT molecular complexity index is 756. The van der Waals surface area contributed by atoms with Crippen LogP contribution in [0.5, 0.6) is 0 Å². The molecular formula is C16H16FN5. The number of rotatable bonds is 3. The minimum absolute atomic E-state index is 0.368. The van der Waals surface area contributed by atoms with E-state index in [1.54, 1.807) is 6.07 Å². The summed E-state index contributed by atoms with van der Waals surface area (Å²) in [4.78, 5) is 2.23. The van der Waals surface area contributed by atoms with Crippen molar-refractivity contribution in [2.45, 2.75) is 38.4 Å². The third-order valence-electron chi connectivity index (χ3n) is 4.39. The molecule has 0 saturated heterocycles. The molecule has 112 valence electrons. The van der Waals surface area contributed by atoms with Gasteiger partial charge in [0.05, 0.1) is 18.2 Å². The van der Waals surface area contributed by atoms with E-state index in [1.165, 1.54) is 25.0 Å². The summed E-state index contributed by atoms with van der Waals surface area (Å²) < 4.78 is 15.4. The van der Waals surface area contributed by atoms with Crippen LogP contribution in [0, 0.1) is 17.1 Å². The van der Waals surface area contributed by atoms with Gasteiger partial charge in [0.25, 0.3) is 0 Å². The van der Waals surface area contributed by atoms with Crippen molar-refractivity contribution in [1.29, 1.82) is 5.26 Å². The van der Waals surface area contributed by atoms with Gasteiger partial charge in [-0.25, -0.2) is 4.39 Å². The minimum Gasteiger partial charge on any atom is -0.312 e. The molecule has 1 fully saturated rings. The predicted molar refractivity (Wildman–Crippen MR) is 77.2 cm³/mol. The fraction of sp³-hybridized carbons (Fsp3) is 0.438. The van der Waals surface area contributed by atoms with Crippen molar-refractivity contribution in [1.82, 2.24) is 19.7 Å². The quantitative estimate of drug-likeness (QED) is 0.871. The molecule has 0 atom stereocenters. The van der Waals surface area contributed by atoms with Gasteiger partial charge in [0.1, 0.15) is 17.5 Å². The van der Waals surface area contributed by atoms with Crippen molar-refractivity contribution in [3.8, 4) is 6.07 Å². The fourth-order valence-electron chi connectivity index (χ4n) is 3.04. The lowest BCUT2D eigenvalue weighted by atomic mass is 10.1. The van der Waals surface area contributed by atoms with Gasteiger partial charge in [0, 0.05) is 25.6 Å². The summed E-state index contributed by atoms with van der Waals surface area (Å²) in [5, 5.41) is 17.8. The zero-order valence-corrected chi connectivity index (χ0v) is 12.2. The summed E-state index contributed by atoms with van der Waals surface area (Å²) in [6, 6.07) is 6.48. The number of halogens is 1. The molecule has 5 nitrogen and oxygen atoms in total. The number of nitrogens with zero attached hydrogens (tertiary/aromatic N) is 5. The molecule has 1 aromatic heterocycles. The Morgan fingerprint density at radius 2 is 2.14 bits per heavy atom. The lowest BCUT2D eigenvalue weighted by Gasteiger charge is -2.28. The highest BCUT2D eigenvalue weighted by atomic mass is 19.1. The number of aromatic nitrogens is 3. The highest BCUT2D eigenvalue weighted by Gasteiger charge is 2.32. The van der Waals surface area contributed by atoms with E-state index in [9.17, 15) is 4.39 Å². The average molecular weight is 297 g/mol. The molecule has 4 rings (SSSR count). The first-order valence-electron chi connectivity index (χ1n) is 7.57. The van der Waals surface area contributed by atoms with Gasteiger partial charge in [0.2, 0.25) is 0 Å². The Morgan fingerprint density at radius 3 is 2.91 bits per heavy atom. The van der Waals surface area contributed by atoms with E-state index in [-0.39, 0.29) is 5.82 Å². The monoisotopic (exact) mass is 297 g/mol. The molecule has 22 heavy (non-hydrogen) atoms. The molecule has 0 unspecified atom stereocenters. The van der Waals surface area contributed by atoms with Gasteiger partial charge in [-0.2, -0.15) is 5.26 Å². The second kappa shape index (κ2) is 5.18. The van der Waals surface area contributed by atoms with Gasteiger partial charge >= 0.3 is 0 Å². The van der Waals surface area contributed by atoms with Gasteiger partial charge in [-0.05, 0) is 30.5 Å². The van der Waals surface area contributed by atoms with Crippen LogP contribution in [0.4, 0.5) is 4.39 Å². The van der Waals surface area contributed by atoms with E-state index < -0.39 is 0 Å². The second-order valence-corrected chi connectivity index (χ2v) is 6.02. The zero-order chi connectivity index (χ0) is 15.1. The maximum absolute atomic E-state index is 13.2. The number of benzene rings is 1. The van der Waals surface area contributed by atoms with Crippen LogP contribution in [0.25, 0.3) is 0 Å². The highest BCUT2D eigenvalue weighted by Crippen LogP contribution is 2.39. The summed E-state index contributed by atoms with van der Waals surface area (Å²) in [6.07, 6.45) is 2.45. The predicted octanol–water partition coefficient (Wildman–Crippen LogP) is 2.18. The van der Waals surface area contributed by atoms with E-state index >= 15 is 0 Å². The van der Waals surface area contributed by atoms with Crippen LogP contribution >= 0.6 is 0 Å². The largest absolute Gasteiger partial charge is 0.312 e. The normalized spacial score (nSPS) is 18.0. The van der Waals surface area contributed by atoms with Crippen molar-refractivity contribution >= 4 is 0 Å². The van der Waals surface area contributed by atoms with Crippen LogP contribution in [-0.2, 0) is 19.6 Å². The highest BCUT2D eigenvalue weighted by molar-refractivity contribution is 5.37. The van der Waals surface area contributed by atoms with E-state index in [1.807, 2.05) is 0 Å². The van der Waals surface area contributed by atoms with Crippen molar-refractivity contribution in [3.63, 3.8) is 0 Å². The van der Waals surface area contributed by atoms with Crippen LogP contribution < -0.4 is 0 Å². The first kappa shape index (κ1) is 13.4. The van der Waals surface area contributed by atoms with Gasteiger partial charge in [-0.3, -0.25) is 4.90 Å². The van der Waals surface area contributed by atoms with Crippen molar-refractivity contribution in [2.75, 3.05) is 6.54 Å². The number of fused-ring (bicyclic) bond motifs is 1. The molecule has 0 spiro atoms. The van der Waals surface area contributed by atoms with Crippen molar-refractivity contribution < 1.29 is 4.39 Å². The fourth-order valence-corrected chi connectivity index (χ4v) is 3.04. The number of hydrogen-bond donors (Lipinski definition) is 0. The third kappa shape index (κ3) is 2.38. The maximum atomic E-state index is 13.2. The summed E-state index contributed by atoms with van der Waals surface area (Å²) >= 11 is 0. The van der Waals surface area contributed by atoms with Gasteiger partial charge in [-0.1, -0.05) is 6.07 Å². The molecule has 0 bridgehead atoms. The minimum atomic E-state index is -0.368. The summed E-state index contributed by atoms with van der Waals surface area (Å²) in [5.41, 5.74) is 1.27. The molecule has 1 saturated carbocycles. The van der Waals surface area contributed by atoms with Crippen molar-refractivity contribution in [3.05, 3.63) is 46.8 Å². The molecule has 2 heterocycles. The third-order valence-corrected chi connectivity index (χ3v) is 4.39. The van der Waals surface area contributed by atoms with Crippen LogP contribution in [-0.4, -0.2) is 26.2 Å².